The fourth-order valence-electron chi connectivity index (χ4n) is 1.39. The van der Waals surface area contributed by atoms with Crippen LogP contribution in [0.2, 0.25) is 0 Å². The molecule has 4 nitrogen and oxygen atoms in total. The molecule has 0 aliphatic heterocycles. The Hall–Kier alpha value is -1.18. The Bertz CT molecular complexity index is 694. The molecule has 2 rings (SSSR count). The molecule has 0 amide bonds. The van der Waals surface area contributed by atoms with Crippen molar-refractivity contribution in [3.8, 4) is 5.75 Å². The predicted molar refractivity (Wildman–Crippen MR) is 79.8 cm³/mol. The highest BCUT2D eigenvalue weighted by Crippen LogP contribution is 2.23. The van der Waals surface area contributed by atoms with Crippen molar-refractivity contribution in [3.05, 3.63) is 45.7 Å². The van der Waals surface area contributed by atoms with Gasteiger partial charge in [0.05, 0.1) is 13.3 Å². The molecule has 0 bridgehead atoms. The fourth-order valence-corrected chi connectivity index (χ4v) is 3.61. The van der Waals surface area contributed by atoms with Gasteiger partial charge in [-0.15, -0.1) is 11.3 Å². The van der Waals surface area contributed by atoms with E-state index in [-0.39, 0.29) is 4.21 Å². The van der Waals surface area contributed by atoms with Gasteiger partial charge in [0.2, 0.25) is 0 Å². The summed E-state index contributed by atoms with van der Waals surface area (Å²) in [6.45, 7) is 0. The molecule has 2 aromatic rings. The van der Waals surface area contributed by atoms with Crippen molar-refractivity contribution in [3.63, 3.8) is 0 Å². The zero-order chi connectivity index (χ0) is 13.9. The summed E-state index contributed by atoms with van der Waals surface area (Å²) in [5, 5.41) is 1.70. The number of benzene rings is 1. The number of hydrogen-bond acceptors (Lipinski definition) is 4. The summed E-state index contributed by atoms with van der Waals surface area (Å²) in [6, 6.07) is 8.49. The Morgan fingerprint density at radius 3 is 2.79 bits per heavy atom. The lowest BCUT2D eigenvalue weighted by Gasteiger charge is -2.04. The van der Waals surface area contributed by atoms with E-state index in [4.69, 9.17) is 4.74 Å². The molecule has 1 aromatic heterocycles. The van der Waals surface area contributed by atoms with Crippen LogP contribution in [0.25, 0.3) is 0 Å². The molecule has 0 radical (unpaired) electrons. The number of methoxy groups -OCH3 is 1. The van der Waals surface area contributed by atoms with Gasteiger partial charge in [0.25, 0.3) is 10.0 Å². The first kappa shape index (κ1) is 14.2. The van der Waals surface area contributed by atoms with E-state index < -0.39 is 10.0 Å². The minimum absolute atomic E-state index is 0.220. The van der Waals surface area contributed by atoms with Gasteiger partial charge in [0.15, 0.2) is 0 Å². The smallest absolute Gasteiger partial charge is 0.291 e. The third-order valence-electron chi connectivity index (χ3n) is 2.27. The molecule has 19 heavy (non-hydrogen) atoms. The Balaban J connectivity index is 2.36. The van der Waals surface area contributed by atoms with Crippen molar-refractivity contribution in [2.45, 2.75) is 4.21 Å². The van der Waals surface area contributed by atoms with Gasteiger partial charge >= 0.3 is 0 Å². The van der Waals surface area contributed by atoms with E-state index in [1.165, 1.54) is 19.4 Å². The lowest BCUT2D eigenvalue weighted by Crippen LogP contribution is -1.96. The molecule has 0 saturated carbocycles. The first-order valence-electron chi connectivity index (χ1n) is 5.20. The minimum atomic E-state index is -3.64. The molecule has 0 saturated heterocycles. The lowest BCUT2D eigenvalue weighted by molar-refractivity contribution is 0.414. The average molecular weight is 360 g/mol. The number of rotatable bonds is 4. The summed E-state index contributed by atoms with van der Waals surface area (Å²) in [4.78, 5) is 0. The number of sulfonamides is 1. The maximum absolute atomic E-state index is 11.9. The van der Waals surface area contributed by atoms with Crippen LogP contribution in [0.3, 0.4) is 0 Å². The van der Waals surface area contributed by atoms with Gasteiger partial charge < -0.3 is 4.74 Å². The first-order valence-corrected chi connectivity index (χ1v) is 8.31. The van der Waals surface area contributed by atoms with E-state index in [0.29, 0.717) is 11.3 Å². The SMILES string of the molecule is COc1ccc(Br)cc1/C=N\S(=O)(=O)c1cccs1. The van der Waals surface area contributed by atoms with E-state index in [2.05, 4.69) is 20.3 Å². The molecule has 0 unspecified atom stereocenters. The Morgan fingerprint density at radius 1 is 1.37 bits per heavy atom. The van der Waals surface area contributed by atoms with Crippen molar-refractivity contribution in [2.75, 3.05) is 7.11 Å². The van der Waals surface area contributed by atoms with Gasteiger partial charge in [0, 0.05) is 10.0 Å². The molecular weight excluding hydrogens is 350 g/mol. The second-order valence-corrected chi connectivity index (χ2v) is 7.25. The van der Waals surface area contributed by atoms with E-state index in [0.717, 1.165) is 15.8 Å². The molecular formula is C12H10BrNO3S2. The van der Waals surface area contributed by atoms with Crippen molar-refractivity contribution in [2.24, 2.45) is 4.40 Å². The van der Waals surface area contributed by atoms with Crippen molar-refractivity contribution >= 4 is 43.5 Å². The Kier molecular flexibility index (Phi) is 4.38. The summed E-state index contributed by atoms with van der Waals surface area (Å²) in [7, 11) is -2.11. The van der Waals surface area contributed by atoms with Crippen molar-refractivity contribution in [1.29, 1.82) is 0 Å². The molecule has 0 spiro atoms. The van der Waals surface area contributed by atoms with Crippen LogP contribution in [-0.4, -0.2) is 21.7 Å². The van der Waals surface area contributed by atoms with Gasteiger partial charge in [-0.25, -0.2) is 0 Å². The van der Waals surface area contributed by atoms with Crippen LogP contribution in [0.4, 0.5) is 0 Å². The van der Waals surface area contributed by atoms with Gasteiger partial charge in [-0.3, -0.25) is 0 Å². The summed E-state index contributed by atoms with van der Waals surface area (Å²) in [5.74, 6) is 0.563. The molecule has 7 heteroatoms. The monoisotopic (exact) mass is 359 g/mol. The third-order valence-corrected chi connectivity index (χ3v) is 5.37. The number of hydrogen-bond donors (Lipinski definition) is 0. The molecule has 0 fully saturated rings. The molecule has 1 aromatic carbocycles. The second-order valence-electron chi connectivity index (χ2n) is 3.53. The highest BCUT2D eigenvalue weighted by Gasteiger charge is 2.13. The van der Waals surface area contributed by atoms with Crippen LogP contribution in [-0.2, 0) is 10.0 Å². The van der Waals surface area contributed by atoms with Crippen molar-refractivity contribution < 1.29 is 13.2 Å². The fraction of sp³-hybridized carbons (Fsp3) is 0.0833. The molecule has 0 N–H and O–H groups in total. The van der Waals surface area contributed by atoms with Crippen LogP contribution < -0.4 is 4.74 Å². The number of halogens is 1. The number of thiophene rings is 1. The van der Waals surface area contributed by atoms with E-state index in [9.17, 15) is 8.42 Å². The Morgan fingerprint density at radius 2 is 2.16 bits per heavy atom. The van der Waals surface area contributed by atoms with E-state index >= 15 is 0 Å². The van der Waals surface area contributed by atoms with Crippen LogP contribution in [0.5, 0.6) is 5.75 Å². The number of ether oxygens (including phenoxy) is 1. The van der Waals surface area contributed by atoms with Crippen LogP contribution in [0.15, 0.2) is 48.8 Å². The maximum atomic E-state index is 11.9. The zero-order valence-electron chi connectivity index (χ0n) is 9.91. The molecule has 0 atom stereocenters. The normalized spacial score (nSPS) is 11.9. The lowest BCUT2D eigenvalue weighted by atomic mass is 10.2. The standard InChI is InChI=1S/C12H10BrNO3S2/c1-17-11-5-4-10(13)7-9(11)8-14-19(15,16)12-3-2-6-18-12/h2-8H,1H3/b14-8-. The summed E-state index contributed by atoms with van der Waals surface area (Å²) < 4.78 is 33.7. The molecule has 100 valence electrons. The van der Waals surface area contributed by atoms with E-state index in [1.807, 2.05) is 6.07 Å². The third kappa shape index (κ3) is 3.43. The second kappa shape index (κ2) is 5.85. The number of nitrogens with zero attached hydrogens (tertiary/aromatic N) is 1. The zero-order valence-corrected chi connectivity index (χ0v) is 13.1. The van der Waals surface area contributed by atoms with Gasteiger partial charge in [-0.05, 0) is 29.6 Å². The maximum Gasteiger partial charge on any atom is 0.291 e. The van der Waals surface area contributed by atoms with Crippen LogP contribution in [0.1, 0.15) is 5.56 Å². The van der Waals surface area contributed by atoms with Crippen LogP contribution >= 0.6 is 27.3 Å². The van der Waals surface area contributed by atoms with Crippen molar-refractivity contribution in [1.82, 2.24) is 0 Å². The van der Waals surface area contributed by atoms with Gasteiger partial charge in [0.1, 0.15) is 9.96 Å². The molecule has 1 heterocycles. The highest BCUT2D eigenvalue weighted by atomic mass is 79.9. The topological polar surface area (TPSA) is 55.7 Å². The minimum Gasteiger partial charge on any atom is -0.496 e. The molecule has 0 aliphatic rings. The largest absolute Gasteiger partial charge is 0.496 e. The first-order chi connectivity index (χ1) is 9.03. The summed E-state index contributed by atoms with van der Waals surface area (Å²) in [5.41, 5.74) is 0.594. The van der Waals surface area contributed by atoms with E-state index in [1.54, 1.807) is 23.6 Å². The highest BCUT2D eigenvalue weighted by molar-refractivity contribution is 9.10. The average Bonchev–Trinajstić information content (AvgIpc) is 2.91. The summed E-state index contributed by atoms with van der Waals surface area (Å²) >= 11 is 4.46. The van der Waals surface area contributed by atoms with Crippen LogP contribution in [0, 0.1) is 0 Å². The predicted octanol–water partition coefficient (Wildman–Crippen LogP) is 3.33. The quantitative estimate of drug-likeness (QED) is 0.786. The van der Waals surface area contributed by atoms with Gasteiger partial charge in [-0.2, -0.15) is 12.8 Å². The molecule has 0 aliphatic carbocycles. The summed E-state index contributed by atoms with van der Waals surface area (Å²) in [6.07, 6.45) is 1.29. The Labute approximate surface area is 123 Å². The van der Waals surface area contributed by atoms with Gasteiger partial charge in [-0.1, -0.05) is 22.0 Å².